The molecule has 0 fully saturated rings. The van der Waals surface area contributed by atoms with Crippen molar-refractivity contribution in [2.24, 2.45) is 0 Å². The zero-order chi connectivity index (χ0) is 14.5. The molecular weight excluding hydrogens is 320 g/mol. The number of methoxy groups -OCH3 is 1. The summed E-state index contributed by atoms with van der Waals surface area (Å²) in [6.45, 7) is 0. The molecule has 0 radical (unpaired) electrons. The summed E-state index contributed by atoms with van der Waals surface area (Å²) in [7, 11) is 1.60. The largest absolute Gasteiger partial charge is 0.497 e. The van der Waals surface area contributed by atoms with Gasteiger partial charge < -0.3 is 15.8 Å². The van der Waals surface area contributed by atoms with E-state index in [-0.39, 0.29) is 12.3 Å². The SMILES string of the molecule is COc1cccc(CC(=O)Nc2ccc(N)cc2Br)c1. The molecule has 3 N–H and O–H groups in total. The first-order chi connectivity index (χ1) is 9.58. The molecule has 20 heavy (non-hydrogen) atoms. The number of amides is 1. The number of nitrogens with one attached hydrogen (secondary N) is 1. The number of nitrogen functional groups attached to an aromatic ring is 1. The van der Waals surface area contributed by atoms with Crippen LogP contribution in [0.5, 0.6) is 5.75 Å². The summed E-state index contributed by atoms with van der Waals surface area (Å²) in [6.07, 6.45) is 0.286. The fourth-order valence-electron chi connectivity index (χ4n) is 1.79. The normalized spacial score (nSPS) is 10.1. The highest BCUT2D eigenvalue weighted by Crippen LogP contribution is 2.24. The van der Waals surface area contributed by atoms with E-state index in [9.17, 15) is 4.79 Å². The standard InChI is InChI=1S/C15H15BrN2O2/c1-20-12-4-2-3-10(7-12)8-15(19)18-14-6-5-11(17)9-13(14)16/h2-7,9H,8,17H2,1H3,(H,18,19). The summed E-state index contributed by atoms with van der Waals surface area (Å²) in [5.41, 5.74) is 7.90. The van der Waals surface area contributed by atoms with E-state index in [4.69, 9.17) is 10.5 Å². The lowest BCUT2D eigenvalue weighted by atomic mass is 10.1. The molecular formula is C15H15BrN2O2. The molecule has 2 aromatic rings. The van der Waals surface area contributed by atoms with E-state index in [1.165, 1.54) is 0 Å². The Bertz CT molecular complexity index is 629. The molecule has 1 amide bonds. The topological polar surface area (TPSA) is 64.3 Å². The van der Waals surface area contributed by atoms with Crippen LogP contribution in [0.3, 0.4) is 0 Å². The van der Waals surface area contributed by atoms with E-state index < -0.39 is 0 Å². The maximum atomic E-state index is 12.0. The van der Waals surface area contributed by atoms with E-state index in [2.05, 4.69) is 21.2 Å². The zero-order valence-corrected chi connectivity index (χ0v) is 12.6. The van der Waals surface area contributed by atoms with E-state index in [1.54, 1.807) is 25.3 Å². The molecule has 0 heterocycles. The summed E-state index contributed by atoms with van der Waals surface area (Å²) in [6, 6.07) is 12.7. The van der Waals surface area contributed by atoms with Crippen LogP contribution < -0.4 is 15.8 Å². The fraction of sp³-hybridized carbons (Fsp3) is 0.133. The molecule has 104 valence electrons. The van der Waals surface area contributed by atoms with E-state index in [0.717, 1.165) is 15.8 Å². The van der Waals surface area contributed by atoms with Crippen molar-refractivity contribution in [3.05, 3.63) is 52.5 Å². The molecule has 0 aliphatic rings. The highest BCUT2D eigenvalue weighted by Gasteiger charge is 2.07. The summed E-state index contributed by atoms with van der Waals surface area (Å²) in [4.78, 5) is 12.0. The third kappa shape index (κ3) is 3.74. The lowest BCUT2D eigenvalue weighted by molar-refractivity contribution is -0.115. The average molecular weight is 335 g/mol. The molecule has 5 heteroatoms. The van der Waals surface area contributed by atoms with E-state index in [0.29, 0.717) is 11.4 Å². The third-order valence-corrected chi connectivity index (χ3v) is 3.42. The fourth-order valence-corrected chi connectivity index (χ4v) is 2.29. The van der Waals surface area contributed by atoms with Crippen molar-refractivity contribution in [1.82, 2.24) is 0 Å². The van der Waals surface area contributed by atoms with Crippen molar-refractivity contribution < 1.29 is 9.53 Å². The Morgan fingerprint density at radius 3 is 2.80 bits per heavy atom. The Labute approximate surface area is 126 Å². The smallest absolute Gasteiger partial charge is 0.228 e. The first kappa shape index (κ1) is 14.4. The van der Waals surface area contributed by atoms with Crippen molar-refractivity contribution in [1.29, 1.82) is 0 Å². The van der Waals surface area contributed by atoms with Crippen LogP contribution in [0.1, 0.15) is 5.56 Å². The van der Waals surface area contributed by atoms with Crippen molar-refractivity contribution in [2.75, 3.05) is 18.2 Å². The average Bonchev–Trinajstić information content (AvgIpc) is 2.42. The molecule has 2 rings (SSSR count). The van der Waals surface area contributed by atoms with Gasteiger partial charge in [-0.05, 0) is 51.8 Å². The van der Waals surface area contributed by atoms with Crippen molar-refractivity contribution in [3.63, 3.8) is 0 Å². The van der Waals surface area contributed by atoms with Crippen LogP contribution in [0.15, 0.2) is 46.9 Å². The molecule has 0 saturated heterocycles. The number of halogens is 1. The van der Waals surface area contributed by atoms with Crippen molar-refractivity contribution in [2.45, 2.75) is 6.42 Å². The Hall–Kier alpha value is -2.01. The lowest BCUT2D eigenvalue weighted by Crippen LogP contribution is -2.14. The first-order valence-corrected chi connectivity index (χ1v) is 6.85. The maximum absolute atomic E-state index is 12.0. The van der Waals surface area contributed by atoms with E-state index >= 15 is 0 Å². The molecule has 0 saturated carbocycles. The van der Waals surface area contributed by atoms with Crippen molar-refractivity contribution >= 4 is 33.2 Å². The maximum Gasteiger partial charge on any atom is 0.228 e. The number of carbonyl (C=O) groups excluding carboxylic acids is 1. The minimum Gasteiger partial charge on any atom is -0.497 e. The van der Waals surface area contributed by atoms with Crippen LogP contribution in [-0.4, -0.2) is 13.0 Å². The van der Waals surface area contributed by atoms with Gasteiger partial charge in [-0.15, -0.1) is 0 Å². The van der Waals surface area contributed by atoms with Gasteiger partial charge in [-0.3, -0.25) is 4.79 Å². The predicted molar refractivity (Wildman–Crippen MR) is 83.9 cm³/mol. The summed E-state index contributed by atoms with van der Waals surface area (Å²) < 4.78 is 5.89. The quantitative estimate of drug-likeness (QED) is 0.843. The second-order valence-corrected chi connectivity index (χ2v) is 5.17. The molecule has 0 bridgehead atoms. The Balaban J connectivity index is 2.05. The molecule has 0 aromatic heterocycles. The summed E-state index contributed by atoms with van der Waals surface area (Å²) >= 11 is 3.37. The molecule has 0 spiro atoms. The Morgan fingerprint density at radius 1 is 1.30 bits per heavy atom. The Morgan fingerprint density at radius 2 is 2.10 bits per heavy atom. The molecule has 0 atom stereocenters. The number of benzene rings is 2. The number of nitrogens with two attached hydrogens (primary N) is 1. The molecule has 2 aromatic carbocycles. The monoisotopic (exact) mass is 334 g/mol. The molecule has 0 unspecified atom stereocenters. The second kappa shape index (κ2) is 6.43. The van der Waals surface area contributed by atoms with Crippen LogP contribution in [-0.2, 0) is 11.2 Å². The second-order valence-electron chi connectivity index (χ2n) is 4.32. The molecule has 0 aliphatic carbocycles. The van der Waals surface area contributed by atoms with Gasteiger partial charge in [0.05, 0.1) is 19.2 Å². The van der Waals surface area contributed by atoms with E-state index in [1.807, 2.05) is 24.3 Å². The third-order valence-electron chi connectivity index (χ3n) is 2.77. The van der Waals surface area contributed by atoms with Crippen LogP contribution in [0.4, 0.5) is 11.4 Å². The summed E-state index contributed by atoms with van der Waals surface area (Å²) in [5, 5.41) is 2.84. The predicted octanol–water partition coefficient (Wildman–Crippen LogP) is 3.22. The van der Waals surface area contributed by atoms with Gasteiger partial charge in [0.1, 0.15) is 5.75 Å². The van der Waals surface area contributed by atoms with Gasteiger partial charge in [-0.25, -0.2) is 0 Å². The number of hydrogen-bond donors (Lipinski definition) is 2. The number of hydrogen-bond acceptors (Lipinski definition) is 3. The van der Waals surface area contributed by atoms with Crippen LogP contribution in [0, 0.1) is 0 Å². The van der Waals surface area contributed by atoms with Gasteiger partial charge in [-0.1, -0.05) is 12.1 Å². The number of rotatable bonds is 4. The van der Waals surface area contributed by atoms with Crippen LogP contribution in [0.2, 0.25) is 0 Å². The van der Waals surface area contributed by atoms with Crippen LogP contribution >= 0.6 is 15.9 Å². The lowest BCUT2D eigenvalue weighted by Gasteiger charge is -2.09. The van der Waals surface area contributed by atoms with Gasteiger partial charge in [0.25, 0.3) is 0 Å². The van der Waals surface area contributed by atoms with Gasteiger partial charge in [0, 0.05) is 10.2 Å². The number of anilines is 2. The minimum atomic E-state index is -0.0938. The van der Waals surface area contributed by atoms with Gasteiger partial charge in [-0.2, -0.15) is 0 Å². The zero-order valence-electron chi connectivity index (χ0n) is 11.0. The van der Waals surface area contributed by atoms with Crippen molar-refractivity contribution in [3.8, 4) is 5.75 Å². The minimum absolute atomic E-state index is 0.0938. The summed E-state index contributed by atoms with van der Waals surface area (Å²) in [5.74, 6) is 0.646. The highest BCUT2D eigenvalue weighted by molar-refractivity contribution is 9.10. The molecule has 4 nitrogen and oxygen atoms in total. The number of ether oxygens (including phenoxy) is 1. The van der Waals surface area contributed by atoms with Gasteiger partial charge in [0.2, 0.25) is 5.91 Å². The number of carbonyl (C=O) groups is 1. The first-order valence-electron chi connectivity index (χ1n) is 6.06. The molecule has 0 aliphatic heterocycles. The Kier molecular flexibility index (Phi) is 4.63. The van der Waals surface area contributed by atoms with Gasteiger partial charge in [0.15, 0.2) is 0 Å². The van der Waals surface area contributed by atoms with Gasteiger partial charge >= 0.3 is 0 Å². The highest BCUT2D eigenvalue weighted by atomic mass is 79.9. The van der Waals surface area contributed by atoms with Crippen LogP contribution in [0.25, 0.3) is 0 Å².